The van der Waals surface area contributed by atoms with Gasteiger partial charge < -0.3 is 19.9 Å². The molecule has 0 aromatic heterocycles. The van der Waals surface area contributed by atoms with Crippen molar-refractivity contribution < 1.29 is 32.5 Å². The number of alkyl halides is 3. The van der Waals surface area contributed by atoms with Crippen molar-refractivity contribution in [3.8, 4) is 17.6 Å². The number of carboxylic acid groups (broad SMARTS) is 1. The minimum absolute atomic E-state index is 0.160. The topological polar surface area (TPSA) is 94.8 Å². The van der Waals surface area contributed by atoms with Crippen molar-refractivity contribution in [1.82, 2.24) is 10.2 Å². The summed E-state index contributed by atoms with van der Waals surface area (Å²) in [6.45, 7) is 3.81. The van der Waals surface area contributed by atoms with Gasteiger partial charge in [0.2, 0.25) is 0 Å². The first kappa shape index (κ1) is 24.8. The third-order valence-electron chi connectivity index (χ3n) is 6.40. The molecule has 0 spiro atoms. The second-order valence-corrected chi connectivity index (χ2v) is 8.91. The first-order valence-electron chi connectivity index (χ1n) is 11.4. The Balaban J connectivity index is 1.11. The van der Waals surface area contributed by atoms with E-state index in [0.29, 0.717) is 43.3 Å². The average Bonchev–Trinajstić information content (AvgIpc) is 3.26. The van der Waals surface area contributed by atoms with Gasteiger partial charge in [0.1, 0.15) is 24.0 Å². The van der Waals surface area contributed by atoms with Crippen LogP contribution in [0.25, 0.3) is 0 Å². The van der Waals surface area contributed by atoms with E-state index in [1.165, 1.54) is 12.1 Å². The minimum Gasteiger partial charge on any atom is -0.492 e. The van der Waals surface area contributed by atoms with E-state index in [1.54, 1.807) is 42.5 Å². The zero-order chi connectivity index (χ0) is 25.0. The van der Waals surface area contributed by atoms with Gasteiger partial charge in [-0.3, -0.25) is 9.69 Å². The average molecular weight is 489 g/mol. The van der Waals surface area contributed by atoms with Gasteiger partial charge in [-0.1, -0.05) is 24.3 Å². The summed E-state index contributed by atoms with van der Waals surface area (Å²) in [5.74, 6) is -0.556. The number of rotatable bonds is 11. The van der Waals surface area contributed by atoms with Crippen LogP contribution in [-0.2, 0) is 17.8 Å². The first-order valence-corrected chi connectivity index (χ1v) is 11.4. The molecule has 2 aromatic rings. The highest BCUT2D eigenvalue weighted by Crippen LogP contribution is 2.45. The highest BCUT2D eigenvalue weighted by molar-refractivity contribution is 5.73. The van der Waals surface area contributed by atoms with Gasteiger partial charge >= 0.3 is 12.3 Å². The van der Waals surface area contributed by atoms with E-state index in [-0.39, 0.29) is 12.2 Å². The number of hydrogen-bond donors (Lipinski definition) is 2. The summed E-state index contributed by atoms with van der Waals surface area (Å²) in [7, 11) is 0. The third kappa shape index (κ3) is 6.87. The van der Waals surface area contributed by atoms with E-state index in [2.05, 4.69) is 15.0 Å². The smallest absolute Gasteiger partial charge is 0.492 e. The SMILES string of the molecule is N#C[C@H](Cc1ccc(OCCNC2C3CN(Cc4ccc(OC(F)(F)F)cc4)C[C@@H]32)cc1)C(=O)O. The Morgan fingerprint density at radius 3 is 2.26 bits per heavy atom. The van der Waals surface area contributed by atoms with Gasteiger partial charge in [0.25, 0.3) is 0 Å². The summed E-state index contributed by atoms with van der Waals surface area (Å²) in [6.07, 6.45) is -4.52. The number of carboxylic acids is 1. The fourth-order valence-corrected chi connectivity index (χ4v) is 4.64. The first-order chi connectivity index (χ1) is 16.7. The van der Waals surface area contributed by atoms with E-state index in [1.807, 2.05) is 0 Å². The number of likely N-dealkylation sites (tertiary alicyclic amines) is 1. The lowest BCUT2D eigenvalue weighted by Crippen LogP contribution is -2.33. The van der Waals surface area contributed by atoms with Gasteiger partial charge in [-0.2, -0.15) is 5.26 Å². The Morgan fingerprint density at radius 1 is 1.09 bits per heavy atom. The van der Waals surface area contributed by atoms with Crippen LogP contribution in [0.1, 0.15) is 11.1 Å². The zero-order valence-electron chi connectivity index (χ0n) is 18.9. The van der Waals surface area contributed by atoms with E-state index < -0.39 is 18.2 Å². The number of piperidine rings is 1. The highest BCUT2D eigenvalue weighted by Gasteiger charge is 2.55. The van der Waals surface area contributed by atoms with Crippen LogP contribution in [0.4, 0.5) is 13.2 Å². The van der Waals surface area contributed by atoms with E-state index in [4.69, 9.17) is 15.1 Å². The summed E-state index contributed by atoms with van der Waals surface area (Å²) in [5, 5.41) is 21.4. The van der Waals surface area contributed by atoms with Gasteiger partial charge in [0.05, 0.1) is 6.07 Å². The maximum Gasteiger partial charge on any atom is 0.573 e. The van der Waals surface area contributed by atoms with Gasteiger partial charge in [-0.15, -0.1) is 13.2 Å². The predicted molar refractivity (Wildman–Crippen MR) is 120 cm³/mol. The molecule has 2 unspecified atom stereocenters. The fourth-order valence-electron chi connectivity index (χ4n) is 4.64. The fraction of sp³-hybridized carbons (Fsp3) is 0.440. The van der Waals surface area contributed by atoms with Crippen molar-refractivity contribution in [2.45, 2.75) is 25.4 Å². The van der Waals surface area contributed by atoms with Crippen LogP contribution in [0.15, 0.2) is 48.5 Å². The molecule has 10 heteroatoms. The van der Waals surface area contributed by atoms with Gasteiger partial charge in [0, 0.05) is 32.2 Å². The molecular formula is C25H26F3N3O4. The molecule has 0 radical (unpaired) electrons. The van der Waals surface area contributed by atoms with Crippen molar-refractivity contribution in [3.63, 3.8) is 0 Å². The molecule has 0 amide bonds. The molecule has 7 nitrogen and oxygen atoms in total. The number of ether oxygens (including phenoxy) is 2. The highest BCUT2D eigenvalue weighted by atomic mass is 19.4. The molecule has 0 bridgehead atoms. The summed E-state index contributed by atoms with van der Waals surface area (Å²) in [4.78, 5) is 13.3. The second kappa shape index (κ2) is 10.5. The summed E-state index contributed by atoms with van der Waals surface area (Å²) in [5.41, 5.74) is 1.72. The molecular weight excluding hydrogens is 463 g/mol. The number of hydrogen-bond acceptors (Lipinski definition) is 6. The molecule has 2 fully saturated rings. The number of halogens is 3. The van der Waals surface area contributed by atoms with Crippen LogP contribution >= 0.6 is 0 Å². The maximum atomic E-state index is 12.3. The van der Waals surface area contributed by atoms with E-state index in [9.17, 15) is 18.0 Å². The largest absolute Gasteiger partial charge is 0.573 e. The number of benzene rings is 2. The van der Waals surface area contributed by atoms with E-state index in [0.717, 1.165) is 24.2 Å². The molecule has 1 saturated heterocycles. The van der Waals surface area contributed by atoms with Crippen LogP contribution in [0.2, 0.25) is 0 Å². The van der Waals surface area contributed by atoms with Crippen molar-refractivity contribution in [1.29, 1.82) is 5.26 Å². The van der Waals surface area contributed by atoms with Crippen molar-refractivity contribution in [3.05, 3.63) is 59.7 Å². The molecule has 2 N–H and O–H groups in total. The molecule has 1 saturated carbocycles. The summed E-state index contributed by atoms with van der Waals surface area (Å²) < 4.78 is 46.5. The van der Waals surface area contributed by atoms with Crippen molar-refractivity contribution in [2.24, 2.45) is 17.8 Å². The third-order valence-corrected chi connectivity index (χ3v) is 6.40. The Kier molecular flexibility index (Phi) is 7.48. The van der Waals surface area contributed by atoms with Crippen molar-refractivity contribution in [2.75, 3.05) is 26.2 Å². The summed E-state index contributed by atoms with van der Waals surface area (Å²) in [6, 6.07) is 15.3. The van der Waals surface area contributed by atoms with Crippen LogP contribution in [0.5, 0.6) is 11.5 Å². The molecule has 4 rings (SSSR count). The molecule has 1 heterocycles. The van der Waals surface area contributed by atoms with Crippen LogP contribution in [0, 0.1) is 29.1 Å². The number of carbonyl (C=O) groups is 1. The van der Waals surface area contributed by atoms with Crippen LogP contribution in [-0.4, -0.2) is 54.6 Å². The Hall–Kier alpha value is -3.29. The molecule has 1 aliphatic carbocycles. The molecule has 2 aliphatic rings. The quantitative estimate of drug-likeness (QED) is 0.467. The Labute approximate surface area is 201 Å². The maximum absolute atomic E-state index is 12.3. The minimum atomic E-state index is -4.68. The molecule has 35 heavy (non-hydrogen) atoms. The molecule has 186 valence electrons. The number of nitrogens with zero attached hydrogens (tertiary/aromatic N) is 2. The Morgan fingerprint density at radius 2 is 1.69 bits per heavy atom. The van der Waals surface area contributed by atoms with Crippen LogP contribution in [0.3, 0.4) is 0 Å². The number of nitriles is 1. The Bertz CT molecular complexity index is 1040. The second-order valence-electron chi connectivity index (χ2n) is 8.91. The molecule has 2 aromatic carbocycles. The number of fused-ring (bicyclic) bond motifs is 1. The van der Waals surface area contributed by atoms with Crippen LogP contribution < -0.4 is 14.8 Å². The lowest BCUT2D eigenvalue weighted by Gasteiger charge is -2.20. The lowest BCUT2D eigenvalue weighted by atomic mass is 10.0. The van der Waals surface area contributed by atoms with Gasteiger partial charge in [-0.25, -0.2) is 0 Å². The summed E-state index contributed by atoms with van der Waals surface area (Å²) >= 11 is 0. The number of aliphatic carboxylic acids is 1. The standard InChI is InChI=1S/C25H26F3N3O4/c26-25(27,28)35-20-7-3-17(4-8-20)13-31-14-21-22(15-31)23(21)30-9-10-34-19-5-1-16(2-6-19)11-18(12-29)24(32)33/h1-8,18,21-23,30H,9-11,13-15H2,(H,32,33)/t18-,21-,22?,23?/m0/s1. The molecule has 4 atom stereocenters. The molecule has 1 aliphatic heterocycles. The predicted octanol–water partition coefficient (Wildman–Crippen LogP) is 3.45. The van der Waals surface area contributed by atoms with Crippen molar-refractivity contribution >= 4 is 5.97 Å². The van der Waals surface area contributed by atoms with Gasteiger partial charge in [0.15, 0.2) is 0 Å². The number of nitrogens with one attached hydrogen (secondary N) is 1. The monoisotopic (exact) mass is 489 g/mol. The zero-order valence-corrected chi connectivity index (χ0v) is 18.9. The normalized spacial score (nSPS) is 22.2. The van der Waals surface area contributed by atoms with E-state index >= 15 is 0 Å². The van der Waals surface area contributed by atoms with Gasteiger partial charge in [-0.05, 0) is 53.6 Å². The lowest BCUT2D eigenvalue weighted by molar-refractivity contribution is -0.274.